The van der Waals surface area contributed by atoms with Gasteiger partial charge in [0.15, 0.2) is 0 Å². The molecule has 2 heterocycles. The second-order valence-electron chi connectivity index (χ2n) is 5.86. The van der Waals surface area contributed by atoms with Crippen LogP contribution in [-0.2, 0) is 0 Å². The normalized spacial score (nSPS) is 10.2. The summed E-state index contributed by atoms with van der Waals surface area (Å²) in [5, 5.41) is 25.2. The lowest BCUT2D eigenvalue weighted by atomic mass is 10.2. The molecule has 3 aromatic rings. The molecular formula is C17H14N8O5. The van der Waals surface area contributed by atoms with Gasteiger partial charge in [-0.3, -0.25) is 35.9 Å². The molecule has 2 aromatic heterocycles. The fourth-order valence-corrected chi connectivity index (χ4v) is 2.41. The van der Waals surface area contributed by atoms with E-state index in [2.05, 4.69) is 31.1 Å². The molecule has 0 radical (unpaired) electrons. The number of nitrogens with zero attached hydrogens (tertiary/aromatic N) is 5. The molecule has 13 nitrogen and oxygen atoms in total. The van der Waals surface area contributed by atoms with Crippen LogP contribution in [0.4, 0.5) is 28.8 Å². The van der Waals surface area contributed by atoms with Gasteiger partial charge in [-0.1, -0.05) is 12.1 Å². The highest BCUT2D eigenvalue weighted by Crippen LogP contribution is 2.30. The minimum Gasteiger partial charge on any atom is -0.319 e. The number of carbonyl (C=O) groups excluding carboxylic acids is 1. The fraction of sp³-hybridized carbons (Fsp3) is 0.0588. The second kappa shape index (κ2) is 8.55. The Kier molecular flexibility index (Phi) is 5.72. The third-order valence-electron chi connectivity index (χ3n) is 3.86. The number of hydrogen-bond acceptors (Lipinski definition) is 10. The summed E-state index contributed by atoms with van der Waals surface area (Å²) >= 11 is 0. The smallest absolute Gasteiger partial charge is 0.319 e. The molecule has 0 saturated carbocycles. The number of rotatable bonds is 7. The molecule has 30 heavy (non-hydrogen) atoms. The predicted octanol–water partition coefficient (Wildman–Crippen LogP) is 2.50. The van der Waals surface area contributed by atoms with Crippen molar-refractivity contribution in [2.45, 2.75) is 6.92 Å². The van der Waals surface area contributed by atoms with Gasteiger partial charge in [-0.2, -0.15) is 0 Å². The Balaban J connectivity index is 1.83. The van der Waals surface area contributed by atoms with Crippen molar-refractivity contribution >= 4 is 34.7 Å². The van der Waals surface area contributed by atoms with Gasteiger partial charge >= 0.3 is 5.69 Å². The topological polar surface area (TPSA) is 178 Å². The number of hydrogen-bond donors (Lipinski definition) is 3. The highest BCUT2D eigenvalue weighted by molar-refractivity contribution is 5.95. The van der Waals surface area contributed by atoms with E-state index in [1.807, 2.05) is 0 Å². The summed E-state index contributed by atoms with van der Waals surface area (Å²) in [6.07, 6.45) is 2.58. The van der Waals surface area contributed by atoms with Crippen LogP contribution in [0.3, 0.4) is 0 Å². The molecule has 0 fully saturated rings. The summed E-state index contributed by atoms with van der Waals surface area (Å²) in [5.41, 5.74) is 4.51. The SMILES string of the molecule is Cc1cccnc1Nc1ncnc(NNC(=O)c2cccc([N+](=O)[O-])c2)c1[N+](=O)[O-]. The van der Waals surface area contributed by atoms with Gasteiger partial charge in [-0.05, 0) is 24.6 Å². The van der Waals surface area contributed by atoms with Gasteiger partial charge in [0, 0.05) is 23.9 Å². The largest absolute Gasteiger partial charge is 0.355 e. The van der Waals surface area contributed by atoms with Crippen LogP contribution in [0, 0.1) is 27.2 Å². The number of anilines is 3. The number of pyridine rings is 1. The van der Waals surface area contributed by atoms with E-state index in [1.165, 1.54) is 24.4 Å². The standard InChI is InChI=1S/C17H14N8O5/c1-10-4-3-7-18-14(10)21-15-13(25(29)30)16(20-9-19-15)22-23-17(26)11-5-2-6-12(8-11)24(27)28/h2-9H,1H3,(H,23,26)(H2,18,19,20,21,22). The van der Waals surface area contributed by atoms with Crippen molar-refractivity contribution in [3.8, 4) is 0 Å². The van der Waals surface area contributed by atoms with Gasteiger partial charge in [0.2, 0.25) is 11.6 Å². The first-order valence-electron chi connectivity index (χ1n) is 8.35. The number of hydrazine groups is 1. The van der Waals surface area contributed by atoms with Crippen molar-refractivity contribution in [2.75, 3.05) is 10.7 Å². The molecule has 0 spiro atoms. The molecule has 0 unspecified atom stereocenters. The number of aryl methyl sites for hydroxylation is 1. The quantitative estimate of drug-likeness (QED) is 0.387. The van der Waals surface area contributed by atoms with Gasteiger partial charge in [0.1, 0.15) is 12.1 Å². The van der Waals surface area contributed by atoms with Crippen molar-refractivity contribution in [1.82, 2.24) is 20.4 Å². The summed E-state index contributed by atoms with van der Waals surface area (Å²) in [4.78, 5) is 45.1. The Morgan fingerprint density at radius 1 is 0.967 bits per heavy atom. The second-order valence-corrected chi connectivity index (χ2v) is 5.86. The third kappa shape index (κ3) is 4.41. The van der Waals surface area contributed by atoms with E-state index in [-0.39, 0.29) is 22.9 Å². The number of carbonyl (C=O) groups is 1. The molecule has 0 bridgehead atoms. The lowest BCUT2D eigenvalue weighted by Gasteiger charge is -2.11. The van der Waals surface area contributed by atoms with Gasteiger partial charge in [0.05, 0.1) is 9.85 Å². The first-order valence-corrected chi connectivity index (χ1v) is 8.35. The predicted molar refractivity (Wildman–Crippen MR) is 105 cm³/mol. The molecule has 152 valence electrons. The van der Waals surface area contributed by atoms with E-state index in [0.717, 1.165) is 18.0 Å². The van der Waals surface area contributed by atoms with Crippen LogP contribution < -0.4 is 16.2 Å². The molecule has 0 saturated heterocycles. The van der Waals surface area contributed by atoms with Crippen LogP contribution in [0.25, 0.3) is 0 Å². The van der Waals surface area contributed by atoms with E-state index in [4.69, 9.17) is 0 Å². The average molecular weight is 410 g/mol. The minimum absolute atomic E-state index is 0.0177. The summed E-state index contributed by atoms with van der Waals surface area (Å²) in [5.74, 6) is -0.804. The summed E-state index contributed by atoms with van der Waals surface area (Å²) in [7, 11) is 0. The number of benzene rings is 1. The summed E-state index contributed by atoms with van der Waals surface area (Å²) in [6.45, 7) is 1.76. The van der Waals surface area contributed by atoms with Crippen LogP contribution >= 0.6 is 0 Å². The Labute approximate surface area is 168 Å². The Hall–Kier alpha value is -4.68. The van der Waals surface area contributed by atoms with E-state index in [9.17, 15) is 25.0 Å². The first kappa shape index (κ1) is 20.1. The molecule has 0 aliphatic heterocycles. The van der Waals surface area contributed by atoms with Crippen molar-refractivity contribution < 1.29 is 14.6 Å². The first-order chi connectivity index (χ1) is 14.4. The molecular weight excluding hydrogens is 396 g/mol. The van der Waals surface area contributed by atoms with E-state index in [1.54, 1.807) is 19.1 Å². The maximum atomic E-state index is 12.3. The maximum Gasteiger partial charge on any atom is 0.355 e. The van der Waals surface area contributed by atoms with Crippen molar-refractivity contribution in [3.05, 3.63) is 80.3 Å². The van der Waals surface area contributed by atoms with Gasteiger partial charge in [-0.15, -0.1) is 0 Å². The summed E-state index contributed by atoms with van der Waals surface area (Å²) < 4.78 is 0. The molecule has 0 aliphatic rings. The molecule has 1 aromatic carbocycles. The zero-order valence-corrected chi connectivity index (χ0v) is 15.4. The van der Waals surface area contributed by atoms with E-state index < -0.39 is 21.4 Å². The van der Waals surface area contributed by atoms with Crippen LogP contribution in [0.1, 0.15) is 15.9 Å². The van der Waals surface area contributed by atoms with Gasteiger partial charge < -0.3 is 5.32 Å². The molecule has 0 atom stereocenters. The highest BCUT2D eigenvalue weighted by Gasteiger charge is 2.24. The number of nitro groups is 2. The molecule has 13 heteroatoms. The van der Waals surface area contributed by atoms with Crippen LogP contribution in [0.15, 0.2) is 48.9 Å². The van der Waals surface area contributed by atoms with Crippen LogP contribution in [0.5, 0.6) is 0 Å². The zero-order chi connectivity index (χ0) is 21.7. The average Bonchev–Trinajstić information content (AvgIpc) is 2.73. The van der Waals surface area contributed by atoms with E-state index in [0.29, 0.717) is 5.82 Å². The number of nitrogens with one attached hydrogen (secondary N) is 3. The lowest BCUT2D eigenvalue weighted by molar-refractivity contribution is -0.384. The molecule has 3 rings (SSSR count). The van der Waals surface area contributed by atoms with Gasteiger partial charge in [-0.25, -0.2) is 15.0 Å². The fourth-order valence-electron chi connectivity index (χ4n) is 2.41. The Morgan fingerprint density at radius 3 is 2.43 bits per heavy atom. The number of aromatic nitrogens is 3. The van der Waals surface area contributed by atoms with Crippen LogP contribution in [0.2, 0.25) is 0 Å². The highest BCUT2D eigenvalue weighted by atomic mass is 16.6. The van der Waals surface area contributed by atoms with Crippen molar-refractivity contribution in [1.29, 1.82) is 0 Å². The number of non-ortho nitro benzene ring substituents is 1. The monoisotopic (exact) mass is 410 g/mol. The number of amides is 1. The summed E-state index contributed by atoms with van der Waals surface area (Å²) in [6, 6.07) is 8.48. The molecule has 3 N–H and O–H groups in total. The van der Waals surface area contributed by atoms with Gasteiger partial charge in [0.25, 0.3) is 11.6 Å². The maximum absolute atomic E-state index is 12.3. The van der Waals surface area contributed by atoms with Crippen LogP contribution in [-0.4, -0.2) is 30.7 Å². The molecule has 1 amide bonds. The third-order valence-corrected chi connectivity index (χ3v) is 3.86. The zero-order valence-electron chi connectivity index (χ0n) is 15.4. The lowest BCUT2D eigenvalue weighted by Crippen LogP contribution is -2.30. The Bertz CT molecular complexity index is 1140. The number of nitro benzene ring substituents is 1. The molecule has 0 aliphatic carbocycles. The van der Waals surface area contributed by atoms with Crippen molar-refractivity contribution in [2.24, 2.45) is 0 Å². The minimum atomic E-state index is -0.748. The Morgan fingerprint density at radius 2 is 1.73 bits per heavy atom. The van der Waals surface area contributed by atoms with Crippen molar-refractivity contribution in [3.63, 3.8) is 0 Å². The van der Waals surface area contributed by atoms with E-state index >= 15 is 0 Å².